The van der Waals surface area contributed by atoms with Gasteiger partial charge < -0.3 is 4.74 Å². The van der Waals surface area contributed by atoms with E-state index in [-0.39, 0.29) is 5.41 Å². The summed E-state index contributed by atoms with van der Waals surface area (Å²) in [5.74, 6) is 1.52. The molecule has 0 N–H and O–H groups in total. The number of rotatable bonds is 3. The fraction of sp³-hybridized carbons (Fsp3) is 0.462. The molecule has 1 aromatic rings. The molecule has 0 unspecified atom stereocenters. The number of hydrogen-bond donors (Lipinski definition) is 0. The first-order valence-electron chi connectivity index (χ1n) is 5.33. The lowest BCUT2D eigenvalue weighted by Crippen LogP contribution is -2.39. The van der Waals surface area contributed by atoms with Crippen LogP contribution in [0.5, 0.6) is 5.75 Å². The van der Waals surface area contributed by atoms with Gasteiger partial charge >= 0.3 is 0 Å². The maximum Gasteiger partial charge on any atom is 0.119 e. The SMILES string of the molecule is CC1CC(C#N)(COc2ccccc2)C1. The minimum absolute atomic E-state index is 0.227. The van der Waals surface area contributed by atoms with Gasteiger partial charge in [-0.15, -0.1) is 0 Å². The van der Waals surface area contributed by atoms with Gasteiger partial charge in [-0.1, -0.05) is 25.1 Å². The Morgan fingerprint density at radius 3 is 2.60 bits per heavy atom. The van der Waals surface area contributed by atoms with Crippen LogP contribution in [0.15, 0.2) is 30.3 Å². The van der Waals surface area contributed by atoms with Crippen LogP contribution in [0.25, 0.3) is 0 Å². The van der Waals surface area contributed by atoms with E-state index in [1.165, 1.54) is 0 Å². The maximum atomic E-state index is 9.10. The molecule has 1 aromatic carbocycles. The lowest BCUT2D eigenvalue weighted by Gasteiger charge is -2.40. The fourth-order valence-electron chi connectivity index (χ4n) is 2.25. The molecule has 0 radical (unpaired) electrons. The van der Waals surface area contributed by atoms with Crippen LogP contribution in [-0.2, 0) is 0 Å². The molecule has 0 atom stereocenters. The zero-order valence-electron chi connectivity index (χ0n) is 8.94. The number of nitrogens with zero attached hydrogens (tertiary/aromatic N) is 1. The van der Waals surface area contributed by atoms with Crippen molar-refractivity contribution in [3.63, 3.8) is 0 Å². The van der Waals surface area contributed by atoms with Gasteiger partial charge in [-0.2, -0.15) is 5.26 Å². The van der Waals surface area contributed by atoms with E-state index in [0.717, 1.165) is 18.6 Å². The number of nitriles is 1. The number of benzene rings is 1. The lowest BCUT2D eigenvalue weighted by atomic mass is 9.64. The Bertz CT molecular complexity index is 360. The average Bonchev–Trinajstić information content (AvgIpc) is 2.24. The molecule has 15 heavy (non-hydrogen) atoms. The summed E-state index contributed by atoms with van der Waals surface area (Å²) in [7, 11) is 0. The van der Waals surface area contributed by atoms with Crippen molar-refractivity contribution in [2.24, 2.45) is 11.3 Å². The summed E-state index contributed by atoms with van der Waals surface area (Å²) in [6, 6.07) is 12.1. The molecule has 0 amide bonds. The third-order valence-corrected chi connectivity index (χ3v) is 2.97. The van der Waals surface area contributed by atoms with Gasteiger partial charge in [0.1, 0.15) is 12.4 Å². The molecule has 1 aliphatic carbocycles. The molecule has 2 nitrogen and oxygen atoms in total. The smallest absolute Gasteiger partial charge is 0.119 e. The average molecular weight is 201 g/mol. The van der Waals surface area contributed by atoms with Crippen molar-refractivity contribution >= 4 is 0 Å². The Hall–Kier alpha value is -1.49. The van der Waals surface area contributed by atoms with Crippen LogP contribution in [-0.4, -0.2) is 6.61 Å². The second kappa shape index (κ2) is 3.94. The highest BCUT2D eigenvalue weighted by Crippen LogP contribution is 2.45. The van der Waals surface area contributed by atoms with E-state index < -0.39 is 0 Å². The van der Waals surface area contributed by atoms with E-state index in [2.05, 4.69) is 13.0 Å². The largest absolute Gasteiger partial charge is 0.492 e. The second-order valence-corrected chi connectivity index (χ2v) is 4.51. The van der Waals surface area contributed by atoms with E-state index in [9.17, 15) is 0 Å². The van der Waals surface area contributed by atoms with Crippen molar-refractivity contribution < 1.29 is 4.74 Å². The van der Waals surface area contributed by atoms with Crippen molar-refractivity contribution in [1.82, 2.24) is 0 Å². The highest BCUT2D eigenvalue weighted by atomic mass is 16.5. The highest BCUT2D eigenvalue weighted by molar-refractivity contribution is 5.21. The first kappa shape index (κ1) is 10.0. The van der Waals surface area contributed by atoms with Gasteiger partial charge in [0.25, 0.3) is 0 Å². The van der Waals surface area contributed by atoms with Crippen LogP contribution < -0.4 is 4.74 Å². The Morgan fingerprint density at radius 1 is 1.40 bits per heavy atom. The minimum Gasteiger partial charge on any atom is -0.492 e. The Kier molecular flexibility index (Phi) is 2.64. The number of hydrogen-bond acceptors (Lipinski definition) is 2. The first-order chi connectivity index (χ1) is 7.24. The molecule has 1 fully saturated rings. The predicted octanol–water partition coefficient (Wildman–Crippen LogP) is 3.01. The molecule has 0 spiro atoms. The third kappa shape index (κ3) is 2.12. The molecule has 2 heteroatoms. The predicted molar refractivity (Wildman–Crippen MR) is 58.4 cm³/mol. The molecule has 2 rings (SSSR count). The Labute approximate surface area is 90.5 Å². The van der Waals surface area contributed by atoms with Gasteiger partial charge in [-0.3, -0.25) is 0 Å². The van der Waals surface area contributed by atoms with Crippen molar-refractivity contribution in [2.75, 3.05) is 6.61 Å². The number of ether oxygens (including phenoxy) is 1. The molecule has 0 bridgehead atoms. The quantitative estimate of drug-likeness (QED) is 0.753. The van der Waals surface area contributed by atoms with Gasteiger partial charge in [-0.05, 0) is 30.9 Å². The molecule has 1 aliphatic rings. The third-order valence-electron chi connectivity index (χ3n) is 2.97. The van der Waals surface area contributed by atoms with Crippen LogP contribution in [0.2, 0.25) is 0 Å². The summed E-state index contributed by atoms with van der Waals surface area (Å²) in [5, 5.41) is 9.10. The zero-order chi connectivity index (χ0) is 10.7. The standard InChI is InChI=1S/C13H15NO/c1-11-7-13(8-11,9-14)10-15-12-5-3-2-4-6-12/h2-6,11H,7-8,10H2,1H3. The monoisotopic (exact) mass is 201 g/mol. The Morgan fingerprint density at radius 2 is 2.07 bits per heavy atom. The van der Waals surface area contributed by atoms with Crippen molar-refractivity contribution in [3.8, 4) is 11.8 Å². The van der Waals surface area contributed by atoms with E-state index >= 15 is 0 Å². The molecule has 1 saturated carbocycles. The lowest BCUT2D eigenvalue weighted by molar-refractivity contribution is 0.0658. The molecule has 0 saturated heterocycles. The van der Waals surface area contributed by atoms with Crippen LogP contribution >= 0.6 is 0 Å². The fourth-order valence-corrected chi connectivity index (χ4v) is 2.25. The van der Waals surface area contributed by atoms with E-state index in [0.29, 0.717) is 12.5 Å². The molecular formula is C13H15NO. The molecule has 0 aliphatic heterocycles. The Balaban J connectivity index is 1.91. The second-order valence-electron chi connectivity index (χ2n) is 4.51. The van der Waals surface area contributed by atoms with Gasteiger partial charge in [-0.25, -0.2) is 0 Å². The molecule has 0 heterocycles. The van der Waals surface area contributed by atoms with Gasteiger partial charge in [0, 0.05) is 0 Å². The summed E-state index contributed by atoms with van der Waals surface area (Å²) >= 11 is 0. The summed E-state index contributed by atoms with van der Waals surface area (Å²) in [6.45, 7) is 2.70. The van der Waals surface area contributed by atoms with Crippen LogP contribution in [0, 0.1) is 22.7 Å². The van der Waals surface area contributed by atoms with Gasteiger partial charge in [0.2, 0.25) is 0 Å². The summed E-state index contributed by atoms with van der Waals surface area (Å²) in [6.07, 6.45) is 1.94. The zero-order valence-corrected chi connectivity index (χ0v) is 8.94. The van der Waals surface area contributed by atoms with Crippen molar-refractivity contribution in [1.29, 1.82) is 5.26 Å². The van der Waals surface area contributed by atoms with Crippen molar-refractivity contribution in [3.05, 3.63) is 30.3 Å². The molecular weight excluding hydrogens is 186 g/mol. The van der Waals surface area contributed by atoms with Crippen molar-refractivity contribution in [2.45, 2.75) is 19.8 Å². The van der Waals surface area contributed by atoms with E-state index in [1.54, 1.807) is 0 Å². The topological polar surface area (TPSA) is 33.0 Å². The summed E-state index contributed by atoms with van der Waals surface area (Å²) < 4.78 is 5.63. The van der Waals surface area contributed by atoms with Crippen LogP contribution in [0.1, 0.15) is 19.8 Å². The van der Waals surface area contributed by atoms with Crippen LogP contribution in [0.4, 0.5) is 0 Å². The summed E-state index contributed by atoms with van der Waals surface area (Å²) in [4.78, 5) is 0. The normalized spacial score (nSPS) is 28.9. The van der Waals surface area contributed by atoms with E-state index in [1.807, 2.05) is 30.3 Å². The van der Waals surface area contributed by atoms with Gasteiger partial charge in [0.15, 0.2) is 0 Å². The number of para-hydroxylation sites is 1. The summed E-state index contributed by atoms with van der Waals surface area (Å²) in [5.41, 5.74) is -0.227. The van der Waals surface area contributed by atoms with Gasteiger partial charge in [0.05, 0.1) is 11.5 Å². The molecule has 0 aromatic heterocycles. The maximum absolute atomic E-state index is 9.10. The first-order valence-corrected chi connectivity index (χ1v) is 5.33. The minimum atomic E-state index is -0.227. The van der Waals surface area contributed by atoms with E-state index in [4.69, 9.17) is 10.00 Å². The highest BCUT2D eigenvalue weighted by Gasteiger charge is 2.43. The van der Waals surface area contributed by atoms with Crippen LogP contribution in [0.3, 0.4) is 0 Å². The molecule has 78 valence electrons.